The maximum absolute atomic E-state index is 12.0. The molecule has 0 saturated heterocycles. The molecular formula is C12H14ClNO3S. The minimum Gasteiger partial charge on any atom is -0.467 e. The van der Waals surface area contributed by atoms with E-state index >= 15 is 0 Å². The van der Waals surface area contributed by atoms with Crippen molar-refractivity contribution in [1.29, 1.82) is 0 Å². The number of amides is 1. The molecule has 6 heteroatoms. The van der Waals surface area contributed by atoms with Crippen LogP contribution in [0.3, 0.4) is 0 Å². The van der Waals surface area contributed by atoms with E-state index in [0.717, 1.165) is 16.9 Å². The number of hydrogen-bond acceptors (Lipinski definition) is 4. The topological polar surface area (TPSA) is 46.6 Å². The Morgan fingerprint density at radius 1 is 1.61 bits per heavy atom. The van der Waals surface area contributed by atoms with Crippen LogP contribution in [0.15, 0.2) is 11.4 Å². The van der Waals surface area contributed by atoms with Crippen molar-refractivity contribution in [2.45, 2.75) is 24.8 Å². The molecule has 0 aliphatic carbocycles. The molecule has 18 heavy (non-hydrogen) atoms. The summed E-state index contributed by atoms with van der Waals surface area (Å²) in [6.45, 7) is 2.12. The van der Waals surface area contributed by atoms with Gasteiger partial charge in [0.2, 0.25) is 5.91 Å². The summed E-state index contributed by atoms with van der Waals surface area (Å²) in [5.41, 5.74) is 0.865. The van der Waals surface area contributed by atoms with E-state index in [1.54, 1.807) is 18.3 Å². The average molecular weight is 288 g/mol. The van der Waals surface area contributed by atoms with E-state index < -0.39 is 17.4 Å². The lowest BCUT2D eigenvalue weighted by Gasteiger charge is -2.34. The highest BCUT2D eigenvalue weighted by Gasteiger charge is 2.38. The molecule has 1 aliphatic heterocycles. The Morgan fingerprint density at radius 2 is 2.33 bits per heavy atom. The van der Waals surface area contributed by atoms with Gasteiger partial charge in [-0.25, -0.2) is 4.79 Å². The van der Waals surface area contributed by atoms with Crippen LogP contribution in [0.2, 0.25) is 0 Å². The normalized spacial score (nSPS) is 20.2. The number of nitrogens with zero attached hydrogens (tertiary/aromatic N) is 1. The van der Waals surface area contributed by atoms with Crippen molar-refractivity contribution in [2.75, 3.05) is 13.7 Å². The summed E-state index contributed by atoms with van der Waals surface area (Å²) in [5.74, 6) is -0.649. The van der Waals surface area contributed by atoms with Crippen molar-refractivity contribution < 1.29 is 14.3 Å². The molecule has 0 bridgehead atoms. The summed E-state index contributed by atoms with van der Waals surface area (Å²) in [7, 11) is 1.33. The number of thiophene rings is 1. The molecule has 1 aromatic rings. The van der Waals surface area contributed by atoms with Crippen molar-refractivity contribution in [3.63, 3.8) is 0 Å². The van der Waals surface area contributed by atoms with Crippen LogP contribution in [-0.4, -0.2) is 35.8 Å². The van der Waals surface area contributed by atoms with Gasteiger partial charge in [-0.3, -0.25) is 4.79 Å². The number of halogens is 1. The van der Waals surface area contributed by atoms with E-state index in [1.807, 2.05) is 11.4 Å². The monoisotopic (exact) mass is 287 g/mol. The lowest BCUT2D eigenvalue weighted by atomic mass is 9.99. The zero-order valence-electron chi connectivity index (χ0n) is 10.2. The quantitative estimate of drug-likeness (QED) is 0.617. The van der Waals surface area contributed by atoms with Gasteiger partial charge in [0.15, 0.2) is 6.04 Å². The fourth-order valence-electron chi connectivity index (χ4n) is 2.15. The van der Waals surface area contributed by atoms with Gasteiger partial charge >= 0.3 is 5.97 Å². The van der Waals surface area contributed by atoms with Crippen LogP contribution in [0.25, 0.3) is 0 Å². The first kappa shape index (κ1) is 13.4. The number of esters is 1. The second-order valence-electron chi connectivity index (χ2n) is 4.12. The first-order chi connectivity index (χ1) is 8.56. The molecule has 1 amide bonds. The summed E-state index contributed by atoms with van der Waals surface area (Å²) in [4.78, 5) is 26.6. The molecule has 0 saturated carbocycles. The predicted octanol–water partition coefficient (Wildman–Crippen LogP) is 1.97. The Labute approximate surface area is 114 Å². The third kappa shape index (κ3) is 2.24. The lowest BCUT2D eigenvalue weighted by Crippen LogP contribution is -2.45. The Morgan fingerprint density at radius 3 is 2.94 bits per heavy atom. The molecular weight excluding hydrogens is 274 g/mol. The molecule has 0 N–H and O–H groups in total. The van der Waals surface area contributed by atoms with Gasteiger partial charge in [-0.15, -0.1) is 22.9 Å². The number of carbonyl (C=O) groups excluding carboxylic acids is 2. The van der Waals surface area contributed by atoms with Crippen molar-refractivity contribution >= 4 is 34.8 Å². The zero-order valence-corrected chi connectivity index (χ0v) is 11.8. The van der Waals surface area contributed by atoms with Crippen LogP contribution in [0, 0.1) is 0 Å². The number of methoxy groups -OCH3 is 1. The number of fused-ring (bicyclic) bond motifs is 1. The molecule has 2 heterocycles. The van der Waals surface area contributed by atoms with Crippen LogP contribution in [0.1, 0.15) is 23.4 Å². The number of hydrogen-bond donors (Lipinski definition) is 0. The van der Waals surface area contributed by atoms with Gasteiger partial charge in [0, 0.05) is 11.4 Å². The fourth-order valence-corrected chi connectivity index (χ4v) is 3.18. The Balaban J connectivity index is 2.37. The molecule has 0 fully saturated rings. The van der Waals surface area contributed by atoms with Gasteiger partial charge in [-0.05, 0) is 30.4 Å². The van der Waals surface area contributed by atoms with Crippen molar-refractivity contribution in [1.82, 2.24) is 4.90 Å². The van der Waals surface area contributed by atoms with Crippen LogP contribution >= 0.6 is 22.9 Å². The molecule has 0 radical (unpaired) electrons. The number of carbonyl (C=O) groups is 2. The van der Waals surface area contributed by atoms with Gasteiger partial charge in [-0.1, -0.05) is 0 Å². The fraction of sp³-hybridized carbons (Fsp3) is 0.500. The SMILES string of the molecule is COC(=O)C1c2ccsc2CCN1C(=O)C(C)Cl. The van der Waals surface area contributed by atoms with Crippen molar-refractivity contribution in [3.05, 3.63) is 21.9 Å². The summed E-state index contributed by atoms with van der Waals surface area (Å²) < 4.78 is 4.80. The number of alkyl halides is 1. The van der Waals surface area contributed by atoms with Gasteiger partial charge < -0.3 is 9.64 Å². The molecule has 0 aromatic carbocycles. The molecule has 2 rings (SSSR count). The van der Waals surface area contributed by atoms with E-state index in [1.165, 1.54) is 12.0 Å². The van der Waals surface area contributed by atoms with Crippen molar-refractivity contribution in [3.8, 4) is 0 Å². The highest BCUT2D eigenvalue weighted by atomic mass is 35.5. The summed E-state index contributed by atoms with van der Waals surface area (Å²) in [5, 5.41) is 1.29. The van der Waals surface area contributed by atoms with E-state index in [0.29, 0.717) is 6.54 Å². The third-order valence-corrected chi connectivity index (χ3v) is 4.20. The van der Waals surface area contributed by atoms with Gasteiger partial charge in [0.05, 0.1) is 7.11 Å². The molecule has 0 spiro atoms. The van der Waals surface area contributed by atoms with E-state index in [4.69, 9.17) is 16.3 Å². The van der Waals surface area contributed by atoms with Gasteiger partial charge in [0.25, 0.3) is 0 Å². The standard InChI is InChI=1S/C12H14ClNO3S/c1-7(13)11(15)14-5-3-9-8(4-6-18-9)10(14)12(16)17-2/h4,6-7,10H,3,5H2,1-2H3. The predicted molar refractivity (Wildman–Crippen MR) is 69.8 cm³/mol. The maximum Gasteiger partial charge on any atom is 0.333 e. The summed E-state index contributed by atoms with van der Waals surface area (Å²) in [6.07, 6.45) is 0.760. The lowest BCUT2D eigenvalue weighted by molar-refractivity contribution is -0.153. The summed E-state index contributed by atoms with van der Waals surface area (Å²) >= 11 is 7.44. The average Bonchev–Trinajstić information content (AvgIpc) is 2.83. The van der Waals surface area contributed by atoms with Crippen LogP contribution in [0.5, 0.6) is 0 Å². The van der Waals surface area contributed by atoms with Crippen LogP contribution in [-0.2, 0) is 20.7 Å². The molecule has 2 unspecified atom stereocenters. The second-order valence-corrected chi connectivity index (χ2v) is 5.78. The minimum absolute atomic E-state index is 0.232. The minimum atomic E-state index is -0.654. The van der Waals surface area contributed by atoms with Crippen LogP contribution < -0.4 is 0 Å². The molecule has 98 valence electrons. The van der Waals surface area contributed by atoms with Gasteiger partial charge in [0.1, 0.15) is 5.38 Å². The first-order valence-electron chi connectivity index (χ1n) is 5.65. The molecule has 4 nitrogen and oxygen atoms in total. The number of rotatable bonds is 2. The van der Waals surface area contributed by atoms with Crippen molar-refractivity contribution in [2.24, 2.45) is 0 Å². The maximum atomic E-state index is 12.0. The highest BCUT2D eigenvalue weighted by Crippen LogP contribution is 2.34. The Hall–Kier alpha value is -1.07. The van der Waals surface area contributed by atoms with Crippen LogP contribution in [0.4, 0.5) is 0 Å². The molecule has 2 atom stereocenters. The highest BCUT2D eigenvalue weighted by molar-refractivity contribution is 7.10. The Bertz CT molecular complexity index is 472. The molecule has 1 aromatic heterocycles. The van der Waals surface area contributed by atoms with E-state index in [9.17, 15) is 9.59 Å². The smallest absolute Gasteiger partial charge is 0.333 e. The second kappa shape index (κ2) is 5.28. The van der Waals surface area contributed by atoms with E-state index in [2.05, 4.69) is 0 Å². The van der Waals surface area contributed by atoms with Gasteiger partial charge in [-0.2, -0.15) is 0 Å². The largest absolute Gasteiger partial charge is 0.467 e. The molecule has 1 aliphatic rings. The van der Waals surface area contributed by atoms with E-state index in [-0.39, 0.29) is 5.91 Å². The third-order valence-electron chi connectivity index (χ3n) is 3.01. The Kier molecular flexibility index (Phi) is 3.92. The summed E-state index contributed by atoms with van der Waals surface area (Å²) in [6, 6.07) is 1.22. The number of ether oxygens (including phenoxy) is 1. The first-order valence-corrected chi connectivity index (χ1v) is 6.96. The zero-order chi connectivity index (χ0) is 13.3.